The molecule has 1 saturated heterocycles. The van der Waals surface area contributed by atoms with Crippen LogP contribution in [0.1, 0.15) is 40.5 Å². The molecule has 0 radical (unpaired) electrons. The summed E-state index contributed by atoms with van der Waals surface area (Å²) in [5.74, 6) is -1.03. The maximum absolute atomic E-state index is 13.9. The molecule has 0 aromatic carbocycles. The van der Waals surface area contributed by atoms with Crippen molar-refractivity contribution in [1.29, 1.82) is 0 Å². The molecule has 1 amide bonds. The molecule has 1 saturated carbocycles. The lowest BCUT2D eigenvalue weighted by Gasteiger charge is -2.35. The fourth-order valence-electron chi connectivity index (χ4n) is 3.23. The number of halogens is 4. The highest BCUT2D eigenvalue weighted by atomic mass is 19.4. The van der Waals surface area contributed by atoms with Crippen molar-refractivity contribution < 1.29 is 22.4 Å². The van der Waals surface area contributed by atoms with Gasteiger partial charge in [0.25, 0.3) is 11.5 Å². The fraction of sp³-hybridized carbons (Fsp3) is 0.444. The van der Waals surface area contributed by atoms with Gasteiger partial charge >= 0.3 is 6.18 Å². The molecule has 29 heavy (non-hydrogen) atoms. The van der Waals surface area contributed by atoms with Gasteiger partial charge in [0.05, 0.1) is 11.3 Å². The molecule has 2 aliphatic rings. The first kappa shape index (κ1) is 19.3. The Balaban J connectivity index is 1.43. The zero-order chi connectivity index (χ0) is 20.8. The average molecular weight is 411 g/mol. The van der Waals surface area contributed by atoms with Crippen LogP contribution in [0.2, 0.25) is 0 Å². The Kier molecular flexibility index (Phi) is 4.75. The lowest BCUT2D eigenvalue weighted by Crippen LogP contribution is -2.49. The molecule has 1 aliphatic heterocycles. The van der Waals surface area contributed by atoms with E-state index in [0.717, 1.165) is 31.2 Å². The Morgan fingerprint density at radius 2 is 1.83 bits per heavy atom. The van der Waals surface area contributed by atoms with E-state index in [0.29, 0.717) is 13.1 Å². The third kappa shape index (κ3) is 3.94. The summed E-state index contributed by atoms with van der Waals surface area (Å²) >= 11 is 0. The molecule has 0 unspecified atom stereocenters. The van der Waals surface area contributed by atoms with Crippen LogP contribution in [0.3, 0.4) is 0 Å². The van der Waals surface area contributed by atoms with E-state index in [4.69, 9.17) is 0 Å². The molecule has 2 aromatic rings. The van der Waals surface area contributed by atoms with Crippen LogP contribution in [0.25, 0.3) is 0 Å². The van der Waals surface area contributed by atoms with Crippen molar-refractivity contribution in [2.45, 2.75) is 24.9 Å². The lowest BCUT2D eigenvalue weighted by molar-refractivity contribution is -0.141. The van der Waals surface area contributed by atoms with Crippen molar-refractivity contribution in [3.63, 3.8) is 0 Å². The number of piperazine rings is 1. The Hall–Kier alpha value is -2.98. The molecule has 2 fully saturated rings. The summed E-state index contributed by atoms with van der Waals surface area (Å²) in [4.78, 5) is 37.6. The van der Waals surface area contributed by atoms with Crippen molar-refractivity contribution in [2.75, 3.05) is 31.1 Å². The van der Waals surface area contributed by atoms with E-state index in [1.807, 2.05) is 0 Å². The molecular weight excluding hydrogens is 394 g/mol. The monoisotopic (exact) mass is 411 g/mol. The van der Waals surface area contributed by atoms with Crippen LogP contribution in [-0.2, 0) is 6.18 Å². The first-order valence-electron chi connectivity index (χ1n) is 9.11. The van der Waals surface area contributed by atoms with E-state index in [2.05, 4.69) is 15.0 Å². The average Bonchev–Trinajstić information content (AvgIpc) is 3.54. The number of nitrogens with one attached hydrogen (secondary N) is 1. The molecular formula is C18H17F4N5O2. The number of nitrogens with zero attached hydrogens (tertiary/aromatic N) is 4. The molecule has 3 heterocycles. The van der Waals surface area contributed by atoms with Crippen LogP contribution in [0.15, 0.2) is 23.1 Å². The normalized spacial score (nSPS) is 17.5. The minimum Gasteiger partial charge on any atom is -0.339 e. The van der Waals surface area contributed by atoms with Crippen LogP contribution in [0, 0.1) is 5.82 Å². The summed E-state index contributed by atoms with van der Waals surface area (Å²) in [6.45, 7) is 1.25. The number of carbonyl (C=O) groups excluding carboxylic acids is 1. The van der Waals surface area contributed by atoms with Crippen molar-refractivity contribution >= 4 is 11.9 Å². The Bertz CT molecular complexity index is 977. The molecule has 1 aliphatic carbocycles. The van der Waals surface area contributed by atoms with Gasteiger partial charge in [-0.25, -0.2) is 4.98 Å². The minimum absolute atomic E-state index is 0.0221. The number of anilines is 1. The first-order valence-corrected chi connectivity index (χ1v) is 9.11. The zero-order valence-electron chi connectivity index (χ0n) is 15.2. The van der Waals surface area contributed by atoms with Crippen molar-refractivity contribution in [3.05, 3.63) is 51.5 Å². The van der Waals surface area contributed by atoms with Crippen LogP contribution in [-0.4, -0.2) is 51.9 Å². The molecule has 1 N–H and O–H groups in total. The second-order valence-corrected chi connectivity index (χ2v) is 7.07. The van der Waals surface area contributed by atoms with E-state index in [-0.39, 0.29) is 36.2 Å². The molecule has 0 spiro atoms. The van der Waals surface area contributed by atoms with Crippen molar-refractivity contribution in [3.8, 4) is 0 Å². The van der Waals surface area contributed by atoms with Gasteiger partial charge in [-0.3, -0.25) is 19.6 Å². The number of rotatable bonds is 3. The summed E-state index contributed by atoms with van der Waals surface area (Å²) in [5.41, 5.74) is -1.63. The second-order valence-electron chi connectivity index (χ2n) is 7.07. The van der Waals surface area contributed by atoms with Gasteiger partial charge < -0.3 is 9.80 Å². The second kappa shape index (κ2) is 7.12. The van der Waals surface area contributed by atoms with Gasteiger partial charge in [0.1, 0.15) is 5.69 Å². The number of carbonyl (C=O) groups is 1. The molecule has 154 valence electrons. The summed E-state index contributed by atoms with van der Waals surface area (Å²) in [6.07, 6.45) is -2.05. The SMILES string of the molecule is O=C(c1ccc(C(F)(F)F)nc1)N1CCN(c2nc(C3CC3)c(F)c(=O)[nH]2)CC1. The van der Waals surface area contributed by atoms with Gasteiger partial charge in [0.2, 0.25) is 11.8 Å². The van der Waals surface area contributed by atoms with Crippen molar-refractivity contribution in [2.24, 2.45) is 0 Å². The first-order chi connectivity index (χ1) is 13.7. The zero-order valence-corrected chi connectivity index (χ0v) is 15.2. The van der Waals surface area contributed by atoms with Gasteiger partial charge in [-0.1, -0.05) is 0 Å². The summed E-state index contributed by atoms with van der Waals surface area (Å²) in [7, 11) is 0. The molecule has 11 heteroatoms. The fourth-order valence-corrected chi connectivity index (χ4v) is 3.23. The van der Waals surface area contributed by atoms with E-state index >= 15 is 0 Å². The molecule has 7 nitrogen and oxygen atoms in total. The predicted octanol–water partition coefficient (Wildman–Crippen LogP) is 2.16. The molecule has 0 bridgehead atoms. The number of hydrogen-bond acceptors (Lipinski definition) is 5. The molecule has 0 atom stereocenters. The van der Waals surface area contributed by atoms with E-state index in [9.17, 15) is 27.2 Å². The number of H-pyrrole nitrogens is 1. The highest BCUT2D eigenvalue weighted by Gasteiger charge is 2.33. The highest BCUT2D eigenvalue weighted by molar-refractivity contribution is 5.94. The Morgan fingerprint density at radius 1 is 1.14 bits per heavy atom. The third-order valence-corrected chi connectivity index (χ3v) is 5.01. The predicted molar refractivity (Wildman–Crippen MR) is 94.1 cm³/mol. The van der Waals surface area contributed by atoms with Gasteiger partial charge in [-0.15, -0.1) is 0 Å². The number of pyridine rings is 1. The summed E-state index contributed by atoms with van der Waals surface area (Å²) in [5, 5.41) is 0. The minimum atomic E-state index is -4.56. The van der Waals surface area contributed by atoms with E-state index in [1.54, 1.807) is 4.90 Å². The number of aromatic amines is 1. The largest absolute Gasteiger partial charge is 0.433 e. The summed E-state index contributed by atoms with van der Waals surface area (Å²) < 4.78 is 51.7. The van der Waals surface area contributed by atoms with Gasteiger partial charge in [-0.05, 0) is 25.0 Å². The number of alkyl halides is 3. The van der Waals surface area contributed by atoms with Crippen molar-refractivity contribution in [1.82, 2.24) is 19.9 Å². The Morgan fingerprint density at radius 3 is 2.38 bits per heavy atom. The smallest absolute Gasteiger partial charge is 0.339 e. The maximum Gasteiger partial charge on any atom is 0.433 e. The topological polar surface area (TPSA) is 82.2 Å². The maximum atomic E-state index is 13.9. The quantitative estimate of drug-likeness (QED) is 0.783. The van der Waals surface area contributed by atoms with Crippen LogP contribution >= 0.6 is 0 Å². The molecule has 2 aromatic heterocycles. The standard InChI is InChI=1S/C18H17F4N5O2/c19-13-14(10-1-2-10)24-17(25-15(13)28)27-7-5-26(6-8-27)16(29)11-3-4-12(23-9-11)18(20,21)22/h3-4,9-10H,1-2,5-8H2,(H,24,25,28). The molecule has 4 rings (SSSR count). The number of aromatic nitrogens is 3. The third-order valence-electron chi connectivity index (χ3n) is 5.01. The van der Waals surface area contributed by atoms with Crippen LogP contribution < -0.4 is 10.5 Å². The van der Waals surface area contributed by atoms with E-state index in [1.165, 1.54) is 4.90 Å². The van der Waals surface area contributed by atoms with Crippen LogP contribution in [0.4, 0.5) is 23.5 Å². The Labute approximate surface area is 162 Å². The van der Waals surface area contributed by atoms with Gasteiger partial charge in [-0.2, -0.15) is 17.6 Å². The van der Waals surface area contributed by atoms with Gasteiger partial charge in [0.15, 0.2) is 0 Å². The lowest BCUT2D eigenvalue weighted by atomic mass is 10.2. The number of amides is 1. The van der Waals surface area contributed by atoms with E-state index < -0.39 is 29.2 Å². The summed E-state index contributed by atoms with van der Waals surface area (Å²) in [6, 6.07) is 1.88. The number of hydrogen-bond donors (Lipinski definition) is 1. The van der Waals surface area contributed by atoms with Gasteiger partial charge in [0, 0.05) is 38.3 Å². The van der Waals surface area contributed by atoms with Crippen LogP contribution in [0.5, 0.6) is 0 Å². The highest BCUT2D eigenvalue weighted by Crippen LogP contribution is 2.39.